The van der Waals surface area contributed by atoms with Gasteiger partial charge < -0.3 is 0 Å². The number of hydrazine groups is 1. The topological polar surface area (TPSA) is 93.1 Å². The minimum Gasteiger partial charge on any atom is -0.289 e. The first-order valence-corrected chi connectivity index (χ1v) is 7.41. The maximum Gasteiger partial charge on any atom is 0.261 e. The SMILES string of the molecule is Cc1cccc2c(=O)n(CC(=O)NNC(=O)CC(C)C)cnc12. The summed E-state index contributed by atoms with van der Waals surface area (Å²) in [5.74, 6) is -0.562. The standard InChI is InChI=1S/C16H20N4O3/c1-10(2)7-13(21)18-19-14(22)8-20-9-17-15-11(3)5-4-6-12(15)16(20)23/h4-6,9-10H,7-8H2,1-3H3,(H,18,21)(H,19,22). The monoisotopic (exact) mass is 316 g/mol. The van der Waals surface area contributed by atoms with E-state index in [-0.39, 0.29) is 23.9 Å². The quantitative estimate of drug-likeness (QED) is 0.820. The van der Waals surface area contributed by atoms with Crippen LogP contribution >= 0.6 is 0 Å². The lowest BCUT2D eigenvalue weighted by molar-refractivity contribution is -0.129. The van der Waals surface area contributed by atoms with E-state index in [4.69, 9.17) is 0 Å². The molecule has 23 heavy (non-hydrogen) atoms. The minimum absolute atomic E-state index is 0.197. The molecule has 0 aliphatic carbocycles. The van der Waals surface area contributed by atoms with Crippen molar-refractivity contribution >= 4 is 22.7 Å². The number of nitrogens with zero attached hydrogens (tertiary/aromatic N) is 2. The Labute approximate surface area is 133 Å². The maximum atomic E-state index is 12.4. The molecule has 7 nitrogen and oxygen atoms in total. The van der Waals surface area contributed by atoms with Gasteiger partial charge in [0.15, 0.2) is 0 Å². The van der Waals surface area contributed by atoms with Gasteiger partial charge >= 0.3 is 0 Å². The van der Waals surface area contributed by atoms with Crippen LogP contribution in [-0.4, -0.2) is 21.4 Å². The van der Waals surface area contributed by atoms with Gasteiger partial charge in [0.1, 0.15) is 6.54 Å². The molecule has 122 valence electrons. The molecule has 0 unspecified atom stereocenters. The Bertz CT molecular complexity index is 796. The van der Waals surface area contributed by atoms with E-state index in [2.05, 4.69) is 15.8 Å². The lowest BCUT2D eigenvalue weighted by atomic mass is 10.1. The lowest BCUT2D eigenvalue weighted by Gasteiger charge is -2.10. The van der Waals surface area contributed by atoms with Crippen molar-refractivity contribution in [2.24, 2.45) is 5.92 Å². The first-order valence-electron chi connectivity index (χ1n) is 7.41. The fourth-order valence-corrected chi connectivity index (χ4v) is 2.21. The molecule has 1 aromatic heterocycles. The van der Waals surface area contributed by atoms with Crippen molar-refractivity contribution < 1.29 is 9.59 Å². The van der Waals surface area contributed by atoms with Crippen molar-refractivity contribution in [2.75, 3.05) is 0 Å². The summed E-state index contributed by atoms with van der Waals surface area (Å²) in [5, 5.41) is 0.462. The van der Waals surface area contributed by atoms with Gasteiger partial charge in [-0.2, -0.15) is 0 Å². The number of aryl methyl sites for hydroxylation is 1. The Morgan fingerprint density at radius 2 is 1.91 bits per heavy atom. The second-order valence-electron chi connectivity index (χ2n) is 5.84. The highest BCUT2D eigenvalue weighted by Crippen LogP contribution is 2.10. The van der Waals surface area contributed by atoms with E-state index in [1.807, 2.05) is 26.8 Å². The molecule has 0 aliphatic rings. The predicted octanol–water partition coefficient (Wildman–Crippen LogP) is 0.898. The van der Waals surface area contributed by atoms with Gasteiger partial charge in [0.2, 0.25) is 5.91 Å². The number of fused-ring (bicyclic) bond motifs is 1. The van der Waals surface area contributed by atoms with Crippen LogP contribution in [0.2, 0.25) is 0 Å². The number of rotatable bonds is 4. The molecule has 0 radical (unpaired) electrons. The summed E-state index contributed by atoms with van der Waals surface area (Å²) in [6, 6.07) is 5.32. The van der Waals surface area contributed by atoms with E-state index < -0.39 is 5.91 Å². The van der Waals surface area contributed by atoms with Crippen LogP contribution in [0.4, 0.5) is 0 Å². The van der Waals surface area contributed by atoms with Crippen LogP contribution in [0.3, 0.4) is 0 Å². The summed E-state index contributed by atoms with van der Waals surface area (Å²) in [5.41, 5.74) is 5.86. The molecule has 2 rings (SSSR count). The number of carbonyl (C=O) groups is 2. The first-order chi connectivity index (χ1) is 10.9. The Balaban J connectivity index is 2.07. The summed E-state index contributed by atoms with van der Waals surface area (Å²) in [4.78, 5) is 39.9. The summed E-state index contributed by atoms with van der Waals surface area (Å²) in [6.07, 6.45) is 1.66. The number of hydrogen-bond donors (Lipinski definition) is 2. The molecule has 0 saturated carbocycles. The van der Waals surface area contributed by atoms with Crippen LogP contribution in [0.5, 0.6) is 0 Å². The van der Waals surface area contributed by atoms with Gasteiger partial charge in [0, 0.05) is 6.42 Å². The third-order valence-corrected chi connectivity index (χ3v) is 3.30. The number of carbonyl (C=O) groups excluding carboxylic acids is 2. The molecular formula is C16H20N4O3. The van der Waals surface area contributed by atoms with E-state index in [0.717, 1.165) is 5.56 Å². The fourth-order valence-electron chi connectivity index (χ4n) is 2.21. The molecule has 2 aromatic rings. The molecule has 0 aliphatic heterocycles. The predicted molar refractivity (Wildman–Crippen MR) is 86.5 cm³/mol. The van der Waals surface area contributed by atoms with Crippen LogP contribution in [-0.2, 0) is 16.1 Å². The number of nitrogens with one attached hydrogen (secondary N) is 2. The maximum absolute atomic E-state index is 12.4. The van der Waals surface area contributed by atoms with Crippen LogP contribution in [0, 0.1) is 12.8 Å². The van der Waals surface area contributed by atoms with E-state index in [1.165, 1.54) is 10.9 Å². The molecule has 1 heterocycles. The Hall–Kier alpha value is -2.70. The molecular weight excluding hydrogens is 296 g/mol. The van der Waals surface area contributed by atoms with E-state index >= 15 is 0 Å². The van der Waals surface area contributed by atoms with Crippen molar-refractivity contribution in [3.63, 3.8) is 0 Å². The second-order valence-corrected chi connectivity index (χ2v) is 5.84. The zero-order valence-corrected chi connectivity index (χ0v) is 13.4. The van der Waals surface area contributed by atoms with Gasteiger partial charge in [-0.15, -0.1) is 0 Å². The Morgan fingerprint density at radius 3 is 2.61 bits per heavy atom. The van der Waals surface area contributed by atoms with Crippen LogP contribution in [0.25, 0.3) is 10.9 Å². The summed E-state index contributed by atoms with van der Waals surface area (Å²) in [6.45, 7) is 5.47. The van der Waals surface area contributed by atoms with Gasteiger partial charge in [-0.3, -0.25) is 29.8 Å². The molecule has 0 saturated heterocycles. The summed E-state index contributed by atoms with van der Waals surface area (Å²) >= 11 is 0. The van der Waals surface area contributed by atoms with Crippen LogP contribution in [0.15, 0.2) is 29.3 Å². The zero-order chi connectivity index (χ0) is 17.0. The number of benzene rings is 1. The average molecular weight is 316 g/mol. The van der Waals surface area contributed by atoms with Crippen LogP contribution in [0.1, 0.15) is 25.8 Å². The first kappa shape index (κ1) is 16.7. The highest BCUT2D eigenvalue weighted by molar-refractivity contribution is 5.83. The van der Waals surface area contributed by atoms with Gasteiger partial charge in [-0.1, -0.05) is 26.0 Å². The van der Waals surface area contributed by atoms with Crippen molar-refractivity contribution in [1.82, 2.24) is 20.4 Å². The third kappa shape index (κ3) is 4.15. The molecule has 2 N–H and O–H groups in total. The van der Waals surface area contributed by atoms with Crippen LogP contribution < -0.4 is 16.4 Å². The van der Waals surface area contributed by atoms with Crippen molar-refractivity contribution in [1.29, 1.82) is 0 Å². The number of hydrogen-bond acceptors (Lipinski definition) is 4. The Morgan fingerprint density at radius 1 is 1.22 bits per heavy atom. The van der Waals surface area contributed by atoms with E-state index in [1.54, 1.807) is 12.1 Å². The second kappa shape index (κ2) is 7.04. The molecule has 0 atom stereocenters. The van der Waals surface area contributed by atoms with Crippen molar-refractivity contribution in [3.8, 4) is 0 Å². The highest BCUT2D eigenvalue weighted by atomic mass is 16.2. The van der Waals surface area contributed by atoms with Gasteiger partial charge in [-0.05, 0) is 24.5 Å². The average Bonchev–Trinajstić information content (AvgIpc) is 2.48. The number of aromatic nitrogens is 2. The third-order valence-electron chi connectivity index (χ3n) is 3.30. The smallest absolute Gasteiger partial charge is 0.261 e. The number of amides is 2. The summed E-state index contributed by atoms with van der Waals surface area (Å²) < 4.78 is 1.21. The zero-order valence-electron chi connectivity index (χ0n) is 13.4. The van der Waals surface area contributed by atoms with Gasteiger partial charge in [0.25, 0.3) is 11.5 Å². The number of para-hydroxylation sites is 1. The highest BCUT2D eigenvalue weighted by Gasteiger charge is 2.10. The molecule has 0 spiro atoms. The van der Waals surface area contributed by atoms with Gasteiger partial charge in [0.05, 0.1) is 17.2 Å². The molecule has 1 aromatic carbocycles. The molecule has 0 bridgehead atoms. The van der Waals surface area contributed by atoms with E-state index in [9.17, 15) is 14.4 Å². The van der Waals surface area contributed by atoms with Gasteiger partial charge in [-0.25, -0.2) is 4.98 Å². The lowest BCUT2D eigenvalue weighted by Crippen LogP contribution is -2.44. The van der Waals surface area contributed by atoms with Crippen molar-refractivity contribution in [2.45, 2.75) is 33.7 Å². The Kier molecular flexibility index (Phi) is 5.10. The molecule has 0 fully saturated rings. The summed E-state index contributed by atoms with van der Waals surface area (Å²) in [7, 11) is 0. The molecule has 7 heteroatoms. The minimum atomic E-state index is -0.488. The van der Waals surface area contributed by atoms with Crippen molar-refractivity contribution in [3.05, 3.63) is 40.4 Å². The largest absolute Gasteiger partial charge is 0.289 e. The molecule has 2 amide bonds. The van der Waals surface area contributed by atoms with E-state index in [0.29, 0.717) is 17.3 Å². The fraction of sp³-hybridized carbons (Fsp3) is 0.375. The normalized spacial score (nSPS) is 10.8.